The molecule has 1 aromatic carbocycles. The van der Waals surface area contributed by atoms with Gasteiger partial charge in [0.1, 0.15) is 0 Å². The van der Waals surface area contributed by atoms with Gasteiger partial charge in [0, 0.05) is 12.7 Å². The fourth-order valence-corrected chi connectivity index (χ4v) is 1.62. The van der Waals surface area contributed by atoms with E-state index >= 15 is 0 Å². The molecule has 0 bridgehead atoms. The Bertz CT molecular complexity index is 628. The Morgan fingerprint density at radius 1 is 1.24 bits per heavy atom. The number of anilines is 3. The van der Waals surface area contributed by atoms with Crippen molar-refractivity contribution in [2.24, 2.45) is 7.05 Å². The predicted molar refractivity (Wildman–Crippen MR) is 71.7 cm³/mol. The summed E-state index contributed by atoms with van der Waals surface area (Å²) in [5.74, 6) is 0.291. The average molecular weight is 299 g/mol. The second kappa shape index (κ2) is 5.35. The Labute approximate surface area is 117 Å². The second-order valence-corrected chi connectivity index (χ2v) is 4.23. The molecule has 1 aromatic heterocycles. The maximum absolute atomic E-state index is 12.4. The Kier molecular flexibility index (Phi) is 3.74. The molecule has 1 heterocycles. The van der Waals surface area contributed by atoms with Crippen LogP contribution in [0.2, 0.25) is 0 Å². The number of nitrogens with zero attached hydrogens (tertiary/aromatic N) is 2. The van der Waals surface area contributed by atoms with Crippen LogP contribution in [-0.2, 0) is 13.2 Å². The number of rotatable bonds is 2. The molecule has 0 saturated heterocycles. The van der Waals surface area contributed by atoms with Crippen LogP contribution in [0, 0.1) is 0 Å². The normalized spacial score (nSPS) is 11.2. The van der Waals surface area contributed by atoms with E-state index in [4.69, 9.17) is 5.73 Å². The molecule has 21 heavy (non-hydrogen) atoms. The van der Waals surface area contributed by atoms with Crippen LogP contribution in [0.15, 0.2) is 30.5 Å². The number of amides is 2. The molecule has 2 rings (SSSR count). The minimum absolute atomic E-state index is 0.223. The molecule has 0 aliphatic rings. The summed E-state index contributed by atoms with van der Waals surface area (Å²) >= 11 is 0. The summed E-state index contributed by atoms with van der Waals surface area (Å²) in [6, 6.07) is 3.46. The van der Waals surface area contributed by atoms with Crippen LogP contribution < -0.4 is 16.4 Å². The van der Waals surface area contributed by atoms with Gasteiger partial charge in [-0.2, -0.15) is 18.3 Å². The molecule has 0 radical (unpaired) electrons. The predicted octanol–water partition coefficient (Wildman–Crippen LogP) is 2.67. The summed E-state index contributed by atoms with van der Waals surface area (Å²) in [6.07, 6.45) is -3.04. The van der Waals surface area contributed by atoms with Gasteiger partial charge in [-0.05, 0) is 24.3 Å². The minimum Gasteiger partial charge on any atom is -0.394 e. The monoisotopic (exact) mass is 299 g/mol. The molecule has 9 heteroatoms. The van der Waals surface area contributed by atoms with Crippen LogP contribution >= 0.6 is 0 Å². The first-order valence-corrected chi connectivity index (χ1v) is 5.80. The van der Waals surface area contributed by atoms with E-state index < -0.39 is 17.8 Å². The Morgan fingerprint density at radius 3 is 2.33 bits per heavy atom. The first-order valence-electron chi connectivity index (χ1n) is 5.80. The van der Waals surface area contributed by atoms with Gasteiger partial charge in [-0.3, -0.25) is 10.00 Å². The number of nitrogen functional groups attached to an aromatic ring is 1. The lowest BCUT2D eigenvalue weighted by Gasteiger charge is -2.10. The number of hydrogen-bond acceptors (Lipinski definition) is 3. The number of benzene rings is 1. The van der Waals surface area contributed by atoms with Crippen molar-refractivity contribution in [1.82, 2.24) is 9.78 Å². The second-order valence-electron chi connectivity index (χ2n) is 4.23. The summed E-state index contributed by atoms with van der Waals surface area (Å²) in [6.45, 7) is 0. The highest BCUT2D eigenvalue weighted by Crippen LogP contribution is 2.29. The SMILES string of the molecule is Cn1ncc(N)c1NC(=O)Nc1ccc(C(F)(F)F)cc1. The molecule has 0 saturated carbocycles. The smallest absolute Gasteiger partial charge is 0.394 e. The van der Waals surface area contributed by atoms with Gasteiger partial charge in [0.2, 0.25) is 0 Å². The van der Waals surface area contributed by atoms with Gasteiger partial charge in [-0.1, -0.05) is 0 Å². The molecule has 0 aliphatic heterocycles. The highest BCUT2D eigenvalue weighted by Gasteiger charge is 2.29. The van der Waals surface area contributed by atoms with Gasteiger partial charge >= 0.3 is 12.2 Å². The topological polar surface area (TPSA) is 85.0 Å². The molecule has 0 aliphatic carbocycles. The van der Waals surface area contributed by atoms with Gasteiger partial charge in [0.25, 0.3) is 0 Å². The molecule has 0 spiro atoms. The molecule has 112 valence electrons. The molecule has 2 aromatic rings. The number of aryl methyl sites for hydroxylation is 1. The van der Waals surface area contributed by atoms with Crippen LogP contribution in [0.3, 0.4) is 0 Å². The van der Waals surface area contributed by atoms with Crippen molar-refractivity contribution in [2.75, 3.05) is 16.4 Å². The van der Waals surface area contributed by atoms with Crippen LogP contribution in [0.25, 0.3) is 0 Å². The van der Waals surface area contributed by atoms with Crippen molar-refractivity contribution in [3.8, 4) is 0 Å². The van der Waals surface area contributed by atoms with E-state index in [0.29, 0.717) is 5.82 Å². The number of aromatic nitrogens is 2. The first-order chi connectivity index (χ1) is 9.77. The third kappa shape index (κ3) is 3.44. The molecular formula is C12H12F3N5O. The van der Waals surface area contributed by atoms with Crippen LogP contribution in [0.5, 0.6) is 0 Å². The third-order valence-corrected chi connectivity index (χ3v) is 2.67. The van der Waals surface area contributed by atoms with Crippen molar-refractivity contribution in [2.45, 2.75) is 6.18 Å². The number of nitrogens with one attached hydrogen (secondary N) is 2. The number of halogens is 3. The Balaban J connectivity index is 2.03. The quantitative estimate of drug-likeness (QED) is 0.797. The van der Waals surface area contributed by atoms with E-state index in [2.05, 4.69) is 15.7 Å². The zero-order chi connectivity index (χ0) is 15.6. The van der Waals surface area contributed by atoms with Crippen LogP contribution in [0.4, 0.5) is 35.2 Å². The first kappa shape index (κ1) is 14.7. The molecule has 0 fully saturated rings. The number of carbonyl (C=O) groups excluding carboxylic acids is 1. The number of carbonyl (C=O) groups is 1. The van der Waals surface area contributed by atoms with E-state index in [1.165, 1.54) is 10.9 Å². The van der Waals surface area contributed by atoms with Crippen molar-refractivity contribution in [3.05, 3.63) is 36.0 Å². The number of hydrogen-bond donors (Lipinski definition) is 3. The van der Waals surface area contributed by atoms with Crippen molar-refractivity contribution < 1.29 is 18.0 Å². The van der Waals surface area contributed by atoms with Gasteiger partial charge in [0.15, 0.2) is 5.82 Å². The number of nitrogens with two attached hydrogens (primary N) is 1. The van der Waals surface area contributed by atoms with E-state index in [-0.39, 0.29) is 11.4 Å². The molecule has 4 N–H and O–H groups in total. The van der Waals surface area contributed by atoms with Gasteiger partial charge < -0.3 is 11.1 Å². The molecular weight excluding hydrogens is 287 g/mol. The molecule has 2 amide bonds. The zero-order valence-electron chi connectivity index (χ0n) is 10.9. The lowest BCUT2D eigenvalue weighted by atomic mass is 10.2. The van der Waals surface area contributed by atoms with Crippen molar-refractivity contribution in [1.29, 1.82) is 0 Å². The van der Waals surface area contributed by atoms with Crippen molar-refractivity contribution >= 4 is 23.2 Å². The highest BCUT2D eigenvalue weighted by molar-refractivity contribution is 6.00. The fourth-order valence-electron chi connectivity index (χ4n) is 1.62. The Morgan fingerprint density at radius 2 is 1.86 bits per heavy atom. The zero-order valence-corrected chi connectivity index (χ0v) is 10.9. The average Bonchev–Trinajstić information content (AvgIpc) is 2.70. The third-order valence-electron chi connectivity index (χ3n) is 2.67. The van der Waals surface area contributed by atoms with E-state index in [9.17, 15) is 18.0 Å². The lowest BCUT2D eigenvalue weighted by molar-refractivity contribution is -0.137. The van der Waals surface area contributed by atoms with Crippen molar-refractivity contribution in [3.63, 3.8) is 0 Å². The molecule has 6 nitrogen and oxygen atoms in total. The van der Waals surface area contributed by atoms with Gasteiger partial charge in [-0.25, -0.2) is 4.79 Å². The van der Waals surface area contributed by atoms with E-state index in [1.54, 1.807) is 7.05 Å². The van der Waals surface area contributed by atoms with Crippen LogP contribution in [0.1, 0.15) is 5.56 Å². The van der Waals surface area contributed by atoms with E-state index in [0.717, 1.165) is 24.3 Å². The number of urea groups is 1. The highest BCUT2D eigenvalue weighted by atomic mass is 19.4. The summed E-state index contributed by atoms with van der Waals surface area (Å²) < 4.78 is 38.6. The lowest BCUT2D eigenvalue weighted by Crippen LogP contribution is -2.21. The number of alkyl halides is 3. The van der Waals surface area contributed by atoms with Gasteiger partial charge in [-0.15, -0.1) is 0 Å². The minimum atomic E-state index is -4.41. The molecule has 0 atom stereocenters. The largest absolute Gasteiger partial charge is 0.416 e. The summed E-state index contributed by atoms with van der Waals surface area (Å²) in [4.78, 5) is 11.7. The Hall–Kier alpha value is -2.71. The van der Waals surface area contributed by atoms with E-state index in [1.807, 2.05) is 0 Å². The maximum atomic E-state index is 12.4. The standard InChI is InChI=1S/C12H12F3N5O/c1-20-10(9(16)6-17-20)19-11(21)18-8-4-2-7(3-5-8)12(13,14)15/h2-6H,16H2,1H3,(H2,18,19,21). The summed E-state index contributed by atoms with van der Waals surface area (Å²) in [5.41, 5.74) is 5.31. The molecule has 0 unspecified atom stereocenters. The summed E-state index contributed by atoms with van der Waals surface area (Å²) in [5, 5.41) is 8.69. The van der Waals surface area contributed by atoms with Crippen LogP contribution in [-0.4, -0.2) is 15.8 Å². The van der Waals surface area contributed by atoms with Gasteiger partial charge in [0.05, 0.1) is 17.4 Å². The fraction of sp³-hybridized carbons (Fsp3) is 0.167. The summed E-state index contributed by atoms with van der Waals surface area (Å²) in [7, 11) is 1.59. The maximum Gasteiger partial charge on any atom is 0.416 e.